The van der Waals surface area contributed by atoms with E-state index in [1.54, 1.807) is 18.1 Å². The van der Waals surface area contributed by atoms with E-state index in [1.165, 1.54) is 14.0 Å². The second-order valence-electron chi connectivity index (χ2n) is 4.29. The van der Waals surface area contributed by atoms with Gasteiger partial charge in [0.15, 0.2) is 0 Å². The van der Waals surface area contributed by atoms with Gasteiger partial charge in [-0.3, -0.25) is 9.59 Å². The van der Waals surface area contributed by atoms with Crippen LogP contribution < -0.4 is 9.64 Å². The molecule has 0 saturated heterocycles. The van der Waals surface area contributed by atoms with E-state index in [-0.39, 0.29) is 24.8 Å². The van der Waals surface area contributed by atoms with Crippen LogP contribution in [0, 0.1) is 6.92 Å². The van der Waals surface area contributed by atoms with Gasteiger partial charge < -0.3 is 14.4 Å². The van der Waals surface area contributed by atoms with Crippen LogP contribution in [-0.4, -0.2) is 39.1 Å². The van der Waals surface area contributed by atoms with E-state index in [0.717, 1.165) is 11.3 Å². The Hall–Kier alpha value is -2.04. The normalized spacial score (nSPS) is 9.89. The lowest BCUT2D eigenvalue weighted by atomic mass is 10.1. The summed E-state index contributed by atoms with van der Waals surface area (Å²) in [4.78, 5) is 24.5. The summed E-state index contributed by atoms with van der Waals surface area (Å²) in [6.07, 6.45) is 0. The lowest BCUT2D eigenvalue weighted by Gasteiger charge is -2.24. The van der Waals surface area contributed by atoms with Crippen LogP contribution in [0.3, 0.4) is 0 Å². The van der Waals surface area contributed by atoms with Crippen LogP contribution in [0.1, 0.15) is 12.5 Å². The Kier molecular flexibility index (Phi) is 5.36. The van der Waals surface area contributed by atoms with Crippen LogP contribution in [0.5, 0.6) is 5.75 Å². The van der Waals surface area contributed by atoms with E-state index in [0.29, 0.717) is 5.75 Å². The minimum absolute atomic E-state index is 0.0221. The van der Waals surface area contributed by atoms with Crippen LogP contribution in [0.4, 0.5) is 5.69 Å². The van der Waals surface area contributed by atoms with E-state index in [1.807, 2.05) is 19.1 Å². The highest BCUT2D eigenvalue weighted by molar-refractivity contribution is 5.84. The van der Waals surface area contributed by atoms with Crippen molar-refractivity contribution >= 4 is 17.4 Å². The van der Waals surface area contributed by atoms with Gasteiger partial charge in [0.25, 0.3) is 0 Å². The van der Waals surface area contributed by atoms with Gasteiger partial charge in [0.05, 0.1) is 20.8 Å². The Morgan fingerprint density at radius 1 is 1.21 bits per heavy atom. The first kappa shape index (κ1) is 15.0. The fourth-order valence-electron chi connectivity index (χ4n) is 1.77. The summed E-state index contributed by atoms with van der Waals surface area (Å²) in [6, 6.07) is 5.53. The molecule has 1 aromatic carbocycles. The lowest BCUT2D eigenvalue weighted by molar-refractivity contribution is -0.138. The Bertz CT molecular complexity index is 471. The van der Waals surface area contributed by atoms with Crippen molar-refractivity contribution in [3.8, 4) is 5.75 Å². The number of Topliss-reactive ketones (excluding diaryl/α,β-unsaturated/α-hetero) is 1. The van der Waals surface area contributed by atoms with Gasteiger partial charge in [-0.05, 0) is 25.5 Å². The Labute approximate surface area is 113 Å². The molecule has 0 spiro atoms. The number of hydrogen-bond acceptors (Lipinski definition) is 5. The van der Waals surface area contributed by atoms with Crippen molar-refractivity contribution in [3.05, 3.63) is 23.8 Å². The van der Waals surface area contributed by atoms with Gasteiger partial charge in [-0.2, -0.15) is 0 Å². The van der Waals surface area contributed by atoms with Gasteiger partial charge in [-0.15, -0.1) is 0 Å². The molecule has 0 saturated carbocycles. The number of hydrogen-bond donors (Lipinski definition) is 0. The Balaban J connectivity index is 3.08. The Morgan fingerprint density at radius 3 is 2.42 bits per heavy atom. The maximum Gasteiger partial charge on any atom is 0.325 e. The molecule has 1 aromatic rings. The third-order valence-corrected chi connectivity index (χ3v) is 2.72. The average Bonchev–Trinajstić information content (AvgIpc) is 2.37. The molecule has 0 heterocycles. The molecular formula is C14H19NO4. The topological polar surface area (TPSA) is 55.8 Å². The van der Waals surface area contributed by atoms with E-state index >= 15 is 0 Å². The van der Waals surface area contributed by atoms with E-state index in [4.69, 9.17) is 4.74 Å². The molecule has 0 N–H and O–H groups in total. The molecule has 19 heavy (non-hydrogen) atoms. The van der Waals surface area contributed by atoms with Gasteiger partial charge >= 0.3 is 5.97 Å². The molecule has 0 fully saturated rings. The van der Waals surface area contributed by atoms with Gasteiger partial charge in [0, 0.05) is 11.8 Å². The van der Waals surface area contributed by atoms with Crippen LogP contribution >= 0.6 is 0 Å². The number of rotatable bonds is 6. The maximum absolute atomic E-state index is 11.4. The molecule has 1 rings (SSSR count). The SMILES string of the molecule is COC(=O)CN(CC(C)=O)c1cc(OC)ccc1C. The first-order valence-corrected chi connectivity index (χ1v) is 5.93. The standard InChI is InChI=1S/C14H19NO4/c1-10-5-6-12(18-3)7-13(10)15(8-11(2)16)9-14(17)19-4/h5-7H,8-9H2,1-4H3. The van der Waals surface area contributed by atoms with Crippen molar-refractivity contribution in [2.45, 2.75) is 13.8 Å². The number of nitrogens with zero attached hydrogens (tertiary/aromatic N) is 1. The van der Waals surface area contributed by atoms with Gasteiger partial charge in [0.2, 0.25) is 0 Å². The van der Waals surface area contributed by atoms with Gasteiger partial charge in [-0.25, -0.2) is 0 Å². The summed E-state index contributed by atoms with van der Waals surface area (Å²) in [5.41, 5.74) is 1.76. The summed E-state index contributed by atoms with van der Waals surface area (Å²) in [7, 11) is 2.90. The molecular weight excluding hydrogens is 246 g/mol. The molecule has 0 atom stereocenters. The summed E-state index contributed by atoms with van der Waals surface area (Å²) in [5.74, 6) is 0.272. The van der Waals surface area contributed by atoms with E-state index in [2.05, 4.69) is 4.74 Å². The van der Waals surface area contributed by atoms with E-state index in [9.17, 15) is 9.59 Å². The average molecular weight is 265 g/mol. The molecule has 0 aliphatic heterocycles. The number of esters is 1. The zero-order valence-corrected chi connectivity index (χ0v) is 11.7. The predicted octanol–water partition coefficient (Wildman–Crippen LogP) is 1.57. The molecule has 0 aromatic heterocycles. The number of ether oxygens (including phenoxy) is 2. The quantitative estimate of drug-likeness (QED) is 0.731. The van der Waals surface area contributed by atoms with Gasteiger partial charge in [-0.1, -0.05) is 6.07 Å². The number of ketones is 1. The molecule has 0 amide bonds. The second-order valence-corrected chi connectivity index (χ2v) is 4.29. The van der Waals surface area contributed by atoms with E-state index < -0.39 is 0 Å². The van der Waals surface area contributed by atoms with Crippen LogP contribution in [0.25, 0.3) is 0 Å². The highest BCUT2D eigenvalue weighted by Gasteiger charge is 2.16. The van der Waals surface area contributed by atoms with Gasteiger partial charge in [0.1, 0.15) is 18.1 Å². The summed E-state index contributed by atoms with van der Waals surface area (Å²) < 4.78 is 9.83. The fraction of sp³-hybridized carbons (Fsp3) is 0.429. The summed E-state index contributed by atoms with van der Waals surface area (Å²) in [6.45, 7) is 3.59. The highest BCUT2D eigenvalue weighted by atomic mass is 16.5. The van der Waals surface area contributed by atoms with Crippen molar-refractivity contribution in [3.63, 3.8) is 0 Å². The molecule has 0 bridgehead atoms. The first-order valence-electron chi connectivity index (χ1n) is 5.93. The monoisotopic (exact) mass is 265 g/mol. The van der Waals surface area contributed by atoms with Crippen molar-refractivity contribution in [2.75, 3.05) is 32.2 Å². The molecule has 104 valence electrons. The minimum atomic E-state index is -0.386. The maximum atomic E-state index is 11.4. The molecule has 5 nitrogen and oxygen atoms in total. The van der Waals surface area contributed by atoms with Crippen molar-refractivity contribution in [1.82, 2.24) is 0 Å². The minimum Gasteiger partial charge on any atom is -0.497 e. The third-order valence-electron chi connectivity index (χ3n) is 2.72. The summed E-state index contributed by atoms with van der Waals surface area (Å²) in [5, 5.41) is 0. The number of aryl methyl sites for hydroxylation is 1. The Morgan fingerprint density at radius 2 is 1.89 bits per heavy atom. The first-order chi connectivity index (χ1) is 8.97. The fourth-order valence-corrected chi connectivity index (χ4v) is 1.77. The van der Waals surface area contributed by atoms with Crippen LogP contribution in [0.2, 0.25) is 0 Å². The van der Waals surface area contributed by atoms with Crippen LogP contribution in [-0.2, 0) is 14.3 Å². The zero-order chi connectivity index (χ0) is 14.4. The highest BCUT2D eigenvalue weighted by Crippen LogP contribution is 2.25. The lowest BCUT2D eigenvalue weighted by Crippen LogP contribution is -2.34. The molecule has 0 aliphatic rings. The predicted molar refractivity (Wildman–Crippen MR) is 72.6 cm³/mol. The third kappa shape index (κ3) is 4.28. The molecule has 0 unspecified atom stereocenters. The molecule has 5 heteroatoms. The zero-order valence-electron chi connectivity index (χ0n) is 11.7. The summed E-state index contributed by atoms with van der Waals surface area (Å²) >= 11 is 0. The number of methoxy groups -OCH3 is 2. The van der Waals surface area contributed by atoms with Crippen molar-refractivity contribution in [2.24, 2.45) is 0 Å². The number of carbonyl (C=O) groups excluding carboxylic acids is 2. The van der Waals surface area contributed by atoms with Crippen molar-refractivity contribution < 1.29 is 19.1 Å². The molecule has 0 aliphatic carbocycles. The largest absolute Gasteiger partial charge is 0.497 e. The van der Waals surface area contributed by atoms with Crippen molar-refractivity contribution in [1.29, 1.82) is 0 Å². The number of carbonyl (C=O) groups is 2. The number of benzene rings is 1. The molecule has 0 radical (unpaired) electrons. The second kappa shape index (κ2) is 6.78. The van der Waals surface area contributed by atoms with Crippen LogP contribution in [0.15, 0.2) is 18.2 Å². The number of anilines is 1. The smallest absolute Gasteiger partial charge is 0.325 e.